The van der Waals surface area contributed by atoms with Gasteiger partial charge in [-0.05, 0) is 6.07 Å². The molecule has 1 aliphatic heterocycles. The molecule has 4 unspecified atom stereocenters. The monoisotopic (exact) mass is 293 g/mol. The Hall–Kier alpha value is -0.860. The molecule has 1 aromatic heterocycles. The summed E-state index contributed by atoms with van der Waals surface area (Å²) >= 11 is 12.0. The number of hydrogen-bond donors (Lipinski definition) is 3. The molecule has 0 aromatic carbocycles. The molecule has 4 N–H and O–H groups in total. The summed E-state index contributed by atoms with van der Waals surface area (Å²) in [6.07, 6.45) is -1.90. The summed E-state index contributed by atoms with van der Waals surface area (Å²) in [6.45, 7) is 0. The number of nitrogens with zero attached hydrogens (tertiary/aromatic N) is 2. The van der Waals surface area contributed by atoms with Crippen molar-refractivity contribution in [1.29, 1.82) is 0 Å². The average molecular weight is 294 g/mol. The van der Waals surface area contributed by atoms with Gasteiger partial charge in [-0.15, -0.1) is 0 Å². The van der Waals surface area contributed by atoms with Crippen LogP contribution < -0.4 is 11.4 Å². The van der Waals surface area contributed by atoms with Crippen LogP contribution in [0.4, 0.5) is 5.82 Å². The SMILES string of the molecule is Nc1ccn(C2OC3C(O)C3(O)C2(Cl)Cl)c(=O)n1. The minimum Gasteiger partial charge on any atom is -0.387 e. The number of nitrogens with two attached hydrogens (primary N) is 1. The standard InChI is InChI=1S/C9H9Cl2N3O4/c10-9(11)6(18-5-4(15)8(5,9)17)14-2-1-3(12)13-7(14)16/h1-2,4-6,15,17H,(H2,12,13,16). The Labute approximate surface area is 111 Å². The van der Waals surface area contributed by atoms with Gasteiger partial charge in [0.2, 0.25) is 0 Å². The summed E-state index contributed by atoms with van der Waals surface area (Å²) in [5.41, 5.74) is 2.88. The number of halogens is 2. The van der Waals surface area contributed by atoms with Gasteiger partial charge in [0.05, 0.1) is 0 Å². The van der Waals surface area contributed by atoms with Crippen LogP contribution in [0.15, 0.2) is 17.1 Å². The molecule has 1 aromatic rings. The van der Waals surface area contributed by atoms with Crippen molar-refractivity contribution in [2.45, 2.75) is 28.4 Å². The summed E-state index contributed by atoms with van der Waals surface area (Å²) < 4.78 is 4.46. The molecule has 4 atom stereocenters. The molecule has 9 heteroatoms. The fourth-order valence-electron chi connectivity index (χ4n) is 2.16. The van der Waals surface area contributed by atoms with E-state index in [1.54, 1.807) is 0 Å². The van der Waals surface area contributed by atoms with Gasteiger partial charge in [0, 0.05) is 6.20 Å². The Balaban J connectivity index is 2.03. The van der Waals surface area contributed by atoms with Crippen LogP contribution in [-0.4, -0.2) is 41.9 Å². The van der Waals surface area contributed by atoms with E-state index in [1.165, 1.54) is 12.3 Å². The molecule has 98 valence electrons. The van der Waals surface area contributed by atoms with Crippen molar-refractivity contribution in [2.24, 2.45) is 0 Å². The molecule has 18 heavy (non-hydrogen) atoms. The predicted octanol–water partition coefficient (Wildman–Crippen LogP) is -0.998. The summed E-state index contributed by atoms with van der Waals surface area (Å²) in [7, 11) is 0. The highest BCUT2D eigenvalue weighted by molar-refractivity contribution is 6.50. The van der Waals surface area contributed by atoms with Gasteiger partial charge in [-0.3, -0.25) is 4.57 Å². The number of anilines is 1. The Morgan fingerprint density at radius 2 is 2.22 bits per heavy atom. The summed E-state index contributed by atoms with van der Waals surface area (Å²) in [4.78, 5) is 15.2. The Morgan fingerprint density at radius 1 is 1.56 bits per heavy atom. The van der Waals surface area contributed by atoms with E-state index >= 15 is 0 Å². The second-order valence-corrected chi connectivity index (χ2v) is 5.73. The lowest BCUT2D eigenvalue weighted by atomic mass is 10.2. The third-order valence-corrected chi connectivity index (χ3v) is 4.26. The van der Waals surface area contributed by atoms with E-state index in [0.717, 1.165) is 4.57 Å². The molecule has 1 aliphatic carbocycles. The molecule has 0 amide bonds. The second kappa shape index (κ2) is 3.37. The van der Waals surface area contributed by atoms with E-state index in [1.807, 2.05) is 0 Å². The van der Waals surface area contributed by atoms with Crippen molar-refractivity contribution < 1.29 is 14.9 Å². The molecular formula is C9H9Cl2N3O4. The van der Waals surface area contributed by atoms with Gasteiger partial charge in [0.25, 0.3) is 0 Å². The molecule has 2 aliphatic rings. The number of fused-ring (bicyclic) bond motifs is 1. The lowest BCUT2D eigenvalue weighted by Crippen LogP contribution is -2.44. The minimum absolute atomic E-state index is 0.0490. The average Bonchev–Trinajstić information content (AvgIpc) is 2.72. The van der Waals surface area contributed by atoms with Crippen molar-refractivity contribution in [3.63, 3.8) is 0 Å². The van der Waals surface area contributed by atoms with Gasteiger partial charge < -0.3 is 20.7 Å². The van der Waals surface area contributed by atoms with Crippen LogP contribution in [-0.2, 0) is 4.74 Å². The molecule has 2 heterocycles. The Kier molecular flexibility index (Phi) is 2.28. The van der Waals surface area contributed by atoms with Crippen LogP contribution in [0.25, 0.3) is 0 Å². The first kappa shape index (κ1) is 12.2. The summed E-state index contributed by atoms with van der Waals surface area (Å²) in [5, 5.41) is 19.5. The smallest absolute Gasteiger partial charge is 0.351 e. The lowest BCUT2D eigenvalue weighted by molar-refractivity contribution is -0.0220. The largest absolute Gasteiger partial charge is 0.387 e. The highest BCUT2D eigenvalue weighted by atomic mass is 35.5. The van der Waals surface area contributed by atoms with E-state index in [9.17, 15) is 15.0 Å². The van der Waals surface area contributed by atoms with Crippen LogP contribution >= 0.6 is 23.2 Å². The third kappa shape index (κ3) is 1.25. The van der Waals surface area contributed by atoms with Crippen LogP contribution in [0.1, 0.15) is 6.23 Å². The van der Waals surface area contributed by atoms with Gasteiger partial charge in [-0.25, -0.2) is 4.79 Å². The zero-order valence-corrected chi connectivity index (χ0v) is 10.3. The van der Waals surface area contributed by atoms with Crippen LogP contribution in [0, 0.1) is 0 Å². The van der Waals surface area contributed by atoms with E-state index in [-0.39, 0.29) is 5.82 Å². The number of nitrogen functional groups attached to an aromatic ring is 1. The molecule has 7 nitrogen and oxygen atoms in total. The normalized spacial score (nSPS) is 40.6. The Bertz CT molecular complexity index is 577. The van der Waals surface area contributed by atoms with Gasteiger partial charge >= 0.3 is 5.69 Å². The van der Waals surface area contributed by atoms with Crippen LogP contribution in [0.3, 0.4) is 0 Å². The quantitative estimate of drug-likeness (QED) is 0.573. The fraction of sp³-hybridized carbons (Fsp3) is 0.556. The van der Waals surface area contributed by atoms with E-state index in [2.05, 4.69) is 4.98 Å². The van der Waals surface area contributed by atoms with Crippen LogP contribution in [0.5, 0.6) is 0 Å². The molecular weight excluding hydrogens is 285 g/mol. The molecule has 0 bridgehead atoms. The molecule has 2 fully saturated rings. The number of ether oxygens (including phenoxy) is 1. The maximum Gasteiger partial charge on any atom is 0.351 e. The highest BCUT2D eigenvalue weighted by Gasteiger charge is 2.83. The third-order valence-electron chi connectivity index (χ3n) is 3.29. The lowest BCUT2D eigenvalue weighted by Gasteiger charge is -2.29. The number of aliphatic hydroxyl groups excluding tert-OH is 1. The number of alkyl halides is 2. The zero-order chi connectivity index (χ0) is 13.3. The summed E-state index contributed by atoms with van der Waals surface area (Å²) in [5.74, 6) is 0.0490. The number of rotatable bonds is 1. The topological polar surface area (TPSA) is 111 Å². The molecule has 0 spiro atoms. The van der Waals surface area contributed by atoms with Crippen molar-refractivity contribution in [3.8, 4) is 0 Å². The van der Waals surface area contributed by atoms with Crippen molar-refractivity contribution in [1.82, 2.24) is 9.55 Å². The minimum atomic E-state index is -1.85. The maximum absolute atomic E-state index is 11.7. The molecule has 1 saturated carbocycles. The predicted molar refractivity (Wildman–Crippen MR) is 62.2 cm³/mol. The van der Waals surface area contributed by atoms with Crippen LogP contribution in [0.2, 0.25) is 0 Å². The van der Waals surface area contributed by atoms with E-state index in [0.29, 0.717) is 0 Å². The molecule has 0 radical (unpaired) electrons. The van der Waals surface area contributed by atoms with Gasteiger partial charge in [0.1, 0.15) is 18.0 Å². The van der Waals surface area contributed by atoms with Gasteiger partial charge in [-0.1, -0.05) is 23.2 Å². The maximum atomic E-state index is 11.7. The van der Waals surface area contributed by atoms with E-state index in [4.69, 9.17) is 33.7 Å². The van der Waals surface area contributed by atoms with Crippen molar-refractivity contribution in [2.75, 3.05) is 5.73 Å². The Morgan fingerprint density at radius 3 is 2.72 bits per heavy atom. The van der Waals surface area contributed by atoms with Gasteiger partial charge in [0.15, 0.2) is 16.2 Å². The first-order valence-corrected chi connectivity index (χ1v) is 5.84. The zero-order valence-electron chi connectivity index (χ0n) is 8.83. The molecule has 3 rings (SSSR count). The number of aromatic nitrogens is 2. The van der Waals surface area contributed by atoms with Gasteiger partial charge in [-0.2, -0.15) is 4.98 Å². The second-order valence-electron chi connectivity index (χ2n) is 4.34. The molecule has 1 saturated heterocycles. The highest BCUT2D eigenvalue weighted by Crippen LogP contribution is 2.64. The van der Waals surface area contributed by atoms with Crippen molar-refractivity contribution in [3.05, 3.63) is 22.7 Å². The fourth-order valence-corrected chi connectivity index (χ4v) is 2.91. The van der Waals surface area contributed by atoms with Crippen molar-refractivity contribution >= 4 is 29.0 Å². The number of aliphatic hydroxyl groups is 2. The van der Waals surface area contributed by atoms with E-state index < -0.39 is 34.1 Å². The number of hydrogen-bond acceptors (Lipinski definition) is 6. The first-order chi connectivity index (χ1) is 8.30. The summed E-state index contributed by atoms with van der Waals surface area (Å²) in [6, 6.07) is 1.37. The first-order valence-electron chi connectivity index (χ1n) is 5.08.